The van der Waals surface area contributed by atoms with E-state index in [0.717, 1.165) is 31.3 Å². The van der Waals surface area contributed by atoms with Crippen molar-refractivity contribution in [2.75, 3.05) is 5.73 Å². The molecule has 0 saturated carbocycles. The second kappa shape index (κ2) is 5.66. The van der Waals surface area contributed by atoms with Crippen LogP contribution in [0.3, 0.4) is 0 Å². The van der Waals surface area contributed by atoms with E-state index in [-0.39, 0.29) is 0 Å². The van der Waals surface area contributed by atoms with Gasteiger partial charge >= 0.3 is 0 Å². The number of halogens is 2. The van der Waals surface area contributed by atoms with Gasteiger partial charge in [-0.15, -0.1) is 0 Å². The van der Waals surface area contributed by atoms with Crippen LogP contribution in [0.2, 0.25) is 0 Å². The zero-order valence-corrected chi connectivity index (χ0v) is 14.5. The van der Waals surface area contributed by atoms with Crippen LogP contribution in [-0.4, -0.2) is 9.78 Å². The van der Waals surface area contributed by atoms with E-state index in [1.54, 1.807) is 4.68 Å². The maximum absolute atomic E-state index is 6.25. The largest absolute Gasteiger partial charge is 0.383 e. The lowest BCUT2D eigenvalue weighted by atomic mass is 10.0. The average molecular weight is 407 g/mol. The van der Waals surface area contributed by atoms with Crippen LogP contribution in [0, 0.1) is 0 Å². The highest BCUT2D eigenvalue weighted by Gasteiger charge is 2.19. The molecule has 0 radical (unpaired) electrons. The lowest BCUT2D eigenvalue weighted by Gasteiger charge is -2.07. The lowest BCUT2D eigenvalue weighted by Crippen LogP contribution is -1.98. The van der Waals surface area contributed by atoms with Gasteiger partial charge in [-0.2, -0.15) is 5.10 Å². The summed E-state index contributed by atoms with van der Waals surface area (Å²) in [5.41, 5.74) is 10.1. The Morgan fingerprint density at radius 2 is 1.81 bits per heavy atom. The fraction of sp³-hybridized carbons (Fsp3) is 0.0625. The normalized spacial score (nSPS) is 10.8. The molecule has 3 aromatic rings. The quantitative estimate of drug-likeness (QED) is 0.660. The lowest BCUT2D eigenvalue weighted by molar-refractivity contribution is 0.782. The third-order valence-corrected chi connectivity index (χ3v) is 4.52. The Kier molecular flexibility index (Phi) is 3.87. The van der Waals surface area contributed by atoms with Crippen LogP contribution in [0.25, 0.3) is 22.4 Å². The molecule has 0 bridgehead atoms. The van der Waals surface area contributed by atoms with E-state index in [1.165, 1.54) is 0 Å². The Morgan fingerprint density at radius 1 is 1.05 bits per heavy atom. The van der Waals surface area contributed by atoms with Gasteiger partial charge in [-0.1, -0.05) is 62.2 Å². The van der Waals surface area contributed by atoms with Crippen molar-refractivity contribution in [2.24, 2.45) is 7.05 Å². The van der Waals surface area contributed by atoms with E-state index in [4.69, 9.17) is 5.73 Å². The van der Waals surface area contributed by atoms with E-state index in [1.807, 2.05) is 55.6 Å². The van der Waals surface area contributed by atoms with Crippen molar-refractivity contribution in [1.82, 2.24) is 9.78 Å². The summed E-state index contributed by atoms with van der Waals surface area (Å²) in [6.07, 6.45) is 0. The molecule has 1 aromatic heterocycles. The summed E-state index contributed by atoms with van der Waals surface area (Å²) in [5, 5.41) is 4.59. The van der Waals surface area contributed by atoms with E-state index in [2.05, 4.69) is 37.0 Å². The number of aromatic nitrogens is 2. The van der Waals surface area contributed by atoms with Crippen molar-refractivity contribution in [3.63, 3.8) is 0 Å². The molecule has 2 aromatic carbocycles. The zero-order chi connectivity index (χ0) is 15.0. The van der Waals surface area contributed by atoms with Crippen LogP contribution in [0.4, 0.5) is 5.82 Å². The maximum atomic E-state index is 6.25. The fourth-order valence-corrected chi connectivity index (χ4v) is 3.19. The predicted octanol–water partition coefficient (Wildman–Crippen LogP) is 4.86. The summed E-state index contributed by atoms with van der Waals surface area (Å²) in [7, 11) is 1.86. The first-order chi connectivity index (χ1) is 10.1. The summed E-state index contributed by atoms with van der Waals surface area (Å²) in [4.78, 5) is 0. The number of hydrogen-bond acceptors (Lipinski definition) is 2. The van der Waals surface area contributed by atoms with Crippen LogP contribution in [-0.2, 0) is 7.05 Å². The van der Waals surface area contributed by atoms with Crippen LogP contribution in [0.1, 0.15) is 0 Å². The van der Waals surface area contributed by atoms with Crippen molar-refractivity contribution in [3.05, 3.63) is 57.5 Å². The molecule has 0 aliphatic rings. The third-order valence-electron chi connectivity index (χ3n) is 3.33. The Morgan fingerprint density at radius 3 is 2.52 bits per heavy atom. The van der Waals surface area contributed by atoms with E-state index >= 15 is 0 Å². The van der Waals surface area contributed by atoms with Gasteiger partial charge in [0.05, 0.1) is 5.56 Å². The van der Waals surface area contributed by atoms with Crippen LogP contribution in [0.15, 0.2) is 57.5 Å². The molecule has 3 nitrogen and oxygen atoms in total. The number of benzene rings is 2. The molecular weight excluding hydrogens is 394 g/mol. The van der Waals surface area contributed by atoms with Crippen LogP contribution in [0.5, 0.6) is 0 Å². The predicted molar refractivity (Wildman–Crippen MR) is 93.9 cm³/mol. The average Bonchev–Trinajstić information content (AvgIpc) is 2.76. The molecule has 5 heteroatoms. The monoisotopic (exact) mass is 405 g/mol. The molecule has 3 rings (SSSR count). The van der Waals surface area contributed by atoms with Gasteiger partial charge in [-0.25, -0.2) is 0 Å². The van der Waals surface area contributed by atoms with Gasteiger partial charge < -0.3 is 5.73 Å². The SMILES string of the molecule is Cn1nc(-c2cccc(Br)c2)c(-c2ccccc2Br)c1N. The third kappa shape index (κ3) is 2.63. The second-order valence-corrected chi connectivity index (χ2v) is 6.49. The minimum atomic E-state index is 0.650. The standard InChI is InChI=1S/C16H13Br2N3/c1-21-16(19)14(12-7-2-3-8-13(12)18)15(20-21)10-5-4-6-11(17)9-10/h2-9H,19H2,1H3. The number of aryl methyl sites for hydroxylation is 1. The van der Waals surface area contributed by atoms with E-state index in [9.17, 15) is 0 Å². The minimum Gasteiger partial charge on any atom is -0.383 e. The Labute approximate surface area is 140 Å². The van der Waals surface area contributed by atoms with Crippen molar-refractivity contribution >= 4 is 37.7 Å². The van der Waals surface area contributed by atoms with Gasteiger partial charge in [0.1, 0.15) is 11.5 Å². The molecular formula is C16H13Br2N3. The highest BCUT2D eigenvalue weighted by atomic mass is 79.9. The van der Waals surface area contributed by atoms with Crippen molar-refractivity contribution in [2.45, 2.75) is 0 Å². The summed E-state index contributed by atoms with van der Waals surface area (Å²) in [6.45, 7) is 0. The molecule has 0 unspecified atom stereocenters. The highest BCUT2D eigenvalue weighted by Crippen LogP contribution is 2.39. The first-order valence-corrected chi connectivity index (χ1v) is 8.00. The smallest absolute Gasteiger partial charge is 0.129 e. The number of nitrogen functional groups attached to an aromatic ring is 1. The minimum absolute atomic E-state index is 0.650. The summed E-state index contributed by atoms with van der Waals surface area (Å²) < 4.78 is 3.73. The van der Waals surface area contributed by atoms with Crippen LogP contribution < -0.4 is 5.73 Å². The number of rotatable bonds is 2. The molecule has 0 aliphatic heterocycles. The molecule has 0 aliphatic carbocycles. The molecule has 0 amide bonds. The number of nitrogens with two attached hydrogens (primary N) is 1. The highest BCUT2D eigenvalue weighted by molar-refractivity contribution is 9.10. The fourth-order valence-electron chi connectivity index (χ4n) is 2.30. The molecule has 1 heterocycles. The second-order valence-electron chi connectivity index (χ2n) is 4.72. The van der Waals surface area contributed by atoms with Gasteiger partial charge in [0, 0.05) is 27.1 Å². The molecule has 106 valence electrons. The molecule has 21 heavy (non-hydrogen) atoms. The van der Waals surface area contributed by atoms with Gasteiger partial charge in [0.25, 0.3) is 0 Å². The number of anilines is 1. The number of hydrogen-bond donors (Lipinski definition) is 1. The summed E-state index contributed by atoms with van der Waals surface area (Å²) in [6, 6.07) is 16.1. The summed E-state index contributed by atoms with van der Waals surface area (Å²) >= 11 is 7.10. The summed E-state index contributed by atoms with van der Waals surface area (Å²) in [5.74, 6) is 0.650. The zero-order valence-electron chi connectivity index (χ0n) is 11.3. The molecule has 0 saturated heterocycles. The number of nitrogens with zero attached hydrogens (tertiary/aromatic N) is 2. The Balaban J connectivity index is 2.29. The van der Waals surface area contributed by atoms with Gasteiger partial charge in [-0.3, -0.25) is 4.68 Å². The van der Waals surface area contributed by atoms with Gasteiger partial charge in [0.2, 0.25) is 0 Å². The van der Waals surface area contributed by atoms with Gasteiger partial charge in [0.15, 0.2) is 0 Å². The topological polar surface area (TPSA) is 43.8 Å². The first kappa shape index (κ1) is 14.4. The molecule has 2 N–H and O–H groups in total. The van der Waals surface area contributed by atoms with E-state index < -0.39 is 0 Å². The van der Waals surface area contributed by atoms with Gasteiger partial charge in [-0.05, 0) is 18.2 Å². The Hall–Kier alpha value is -1.59. The molecule has 0 spiro atoms. The maximum Gasteiger partial charge on any atom is 0.129 e. The first-order valence-electron chi connectivity index (χ1n) is 6.41. The Bertz CT molecular complexity index is 809. The van der Waals surface area contributed by atoms with Crippen LogP contribution >= 0.6 is 31.9 Å². The van der Waals surface area contributed by atoms with Crippen molar-refractivity contribution in [3.8, 4) is 22.4 Å². The van der Waals surface area contributed by atoms with Crippen molar-refractivity contribution in [1.29, 1.82) is 0 Å². The van der Waals surface area contributed by atoms with Crippen molar-refractivity contribution < 1.29 is 0 Å². The molecule has 0 fully saturated rings. The van der Waals surface area contributed by atoms with E-state index in [0.29, 0.717) is 5.82 Å². The molecule has 0 atom stereocenters.